The molecule has 5 heteroatoms. The summed E-state index contributed by atoms with van der Waals surface area (Å²) in [4.78, 5) is 25.5. The highest BCUT2D eigenvalue weighted by atomic mass is 16.6. The number of rotatable bonds is 2. The Labute approximate surface area is 121 Å². The van der Waals surface area contributed by atoms with Crippen molar-refractivity contribution in [1.82, 2.24) is 4.90 Å². The lowest BCUT2D eigenvalue weighted by Crippen LogP contribution is -2.46. The van der Waals surface area contributed by atoms with E-state index in [1.165, 1.54) is 7.11 Å². The molecule has 1 saturated heterocycles. The lowest BCUT2D eigenvalue weighted by atomic mass is 9.74. The van der Waals surface area contributed by atoms with Crippen molar-refractivity contribution in [3.05, 3.63) is 0 Å². The minimum absolute atomic E-state index is 0.187. The molecule has 0 bridgehead atoms. The maximum atomic E-state index is 12.0. The first-order valence-electron chi connectivity index (χ1n) is 7.14. The number of carbonyl (C=O) groups excluding carboxylic acids is 2. The highest BCUT2D eigenvalue weighted by Crippen LogP contribution is 2.36. The standard InChI is InChI=1S/C15H27NO4/c1-14(2,3)20-13(18)16-9-7-11(8-10-16)15(4,5)12(17)19-6/h11H,7-10H2,1-6H3. The van der Waals surface area contributed by atoms with E-state index in [0.717, 1.165) is 12.8 Å². The first kappa shape index (κ1) is 16.8. The van der Waals surface area contributed by atoms with Gasteiger partial charge in [-0.2, -0.15) is 0 Å². The monoisotopic (exact) mass is 285 g/mol. The van der Waals surface area contributed by atoms with Gasteiger partial charge in [-0.15, -0.1) is 0 Å². The van der Waals surface area contributed by atoms with Crippen LogP contribution in [0.3, 0.4) is 0 Å². The van der Waals surface area contributed by atoms with E-state index in [2.05, 4.69) is 0 Å². The Bertz CT molecular complexity index is 363. The van der Waals surface area contributed by atoms with Gasteiger partial charge < -0.3 is 14.4 Å². The van der Waals surface area contributed by atoms with Gasteiger partial charge in [0.05, 0.1) is 12.5 Å². The molecule has 1 heterocycles. The molecule has 1 aliphatic rings. The molecule has 1 rings (SSSR count). The Kier molecular flexibility index (Phi) is 5.05. The molecule has 0 radical (unpaired) electrons. The first-order chi connectivity index (χ1) is 9.08. The van der Waals surface area contributed by atoms with Crippen LogP contribution < -0.4 is 0 Å². The van der Waals surface area contributed by atoms with Crippen LogP contribution in [0.1, 0.15) is 47.5 Å². The molecule has 0 saturated carbocycles. The third-order valence-corrected chi connectivity index (χ3v) is 3.88. The SMILES string of the molecule is COC(=O)C(C)(C)C1CCN(C(=O)OC(C)(C)C)CC1. The summed E-state index contributed by atoms with van der Waals surface area (Å²) in [7, 11) is 1.42. The average molecular weight is 285 g/mol. The van der Waals surface area contributed by atoms with Crippen LogP contribution in [0.25, 0.3) is 0 Å². The van der Waals surface area contributed by atoms with Gasteiger partial charge in [-0.05, 0) is 53.4 Å². The maximum Gasteiger partial charge on any atom is 0.410 e. The van der Waals surface area contributed by atoms with Crippen LogP contribution in [-0.2, 0) is 14.3 Å². The number of nitrogens with zero attached hydrogens (tertiary/aromatic N) is 1. The fourth-order valence-corrected chi connectivity index (χ4v) is 2.54. The van der Waals surface area contributed by atoms with Gasteiger partial charge in [0.2, 0.25) is 0 Å². The van der Waals surface area contributed by atoms with Crippen molar-refractivity contribution in [2.24, 2.45) is 11.3 Å². The fourth-order valence-electron chi connectivity index (χ4n) is 2.54. The van der Waals surface area contributed by atoms with Crippen molar-refractivity contribution >= 4 is 12.1 Å². The number of amides is 1. The van der Waals surface area contributed by atoms with E-state index >= 15 is 0 Å². The highest BCUT2D eigenvalue weighted by Gasteiger charge is 2.40. The van der Waals surface area contributed by atoms with Crippen molar-refractivity contribution in [3.8, 4) is 0 Å². The Morgan fingerprint density at radius 3 is 1.95 bits per heavy atom. The summed E-state index contributed by atoms with van der Waals surface area (Å²) < 4.78 is 10.2. The summed E-state index contributed by atoms with van der Waals surface area (Å²) in [5.41, 5.74) is -0.978. The van der Waals surface area contributed by atoms with E-state index in [-0.39, 0.29) is 18.0 Å². The van der Waals surface area contributed by atoms with Gasteiger partial charge in [-0.3, -0.25) is 4.79 Å². The molecule has 0 aromatic rings. The van der Waals surface area contributed by atoms with Gasteiger partial charge in [0.15, 0.2) is 0 Å². The van der Waals surface area contributed by atoms with Crippen molar-refractivity contribution in [2.45, 2.75) is 53.1 Å². The number of carbonyl (C=O) groups is 2. The van der Waals surface area contributed by atoms with Crippen molar-refractivity contribution < 1.29 is 19.1 Å². The quantitative estimate of drug-likeness (QED) is 0.732. The fraction of sp³-hybridized carbons (Fsp3) is 0.867. The number of hydrogen-bond acceptors (Lipinski definition) is 4. The van der Waals surface area contributed by atoms with Gasteiger partial charge in [-0.25, -0.2) is 4.79 Å². The third kappa shape index (κ3) is 4.12. The highest BCUT2D eigenvalue weighted by molar-refractivity contribution is 5.76. The topological polar surface area (TPSA) is 55.8 Å². The van der Waals surface area contributed by atoms with Crippen molar-refractivity contribution in [2.75, 3.05) is 20.2 Å². The molecule has 1 fully saturated rings. The number of piperidine rings is 1. The van der Waals surface area contributed by atoms with Crippen LogP contribution in [0.4, 0.5) is 4.79 Å². The Hall–Kier alpha value is -1.26. The second kappa shape index (κ2) is 6.02. The van der Waals surface area contributed by atoms with E-state index in [0.29, 0.717) is 13.1 Å². The summed E-state index contributed by atoms with van der Waals surface area (Å²) in [5.74, 6) is 0.0434. The predicted octanol–water partition coefficient (Wildman–Crippen LogP) is 2.83. The largest absolute Gasteiger partial charge is 0.469 e. The number of ether oxygens (including phenoxy) is 2. The molecule has 20 heavy (non-hydrogen) atoms. The van der Waals surface area contributed by atoms with Gasteiger partial charge >= 0.3 is 12.1 Å². The van der Waals surface area contributed by atoms with Crippen LogP contribution in [0.5, 0.6) is 0 Å². The molecule has 0 unspecified atom stereocenters. The number of esters is 1. The molecule has 0 N–H and O–H groups in total. The van der Waals surface area contributed by atoms with Gasteiger partial charge in [0, 0.05) is 13.1 Å². The maximum absolute atomic E-state index is 12.0. The Balaban J connectivity index is 2.56. The summed E-state index contributed by atoms with van der Waals surface area (Å²) in [6.07, 6.45) is 1.31. The number of likely N-dealkylation sites (tertiary alicyclic amines) is 1. The molecule has 0 aromatic carbocycles. The summed E-state index contributed by atoms with van der Waals surface area (Å²) in [6, 6.07) is 0. The van der Waals surface area contributed by atoms with Gasteiger partial charge in [0.25, 0.3) is 0 Å². The number of hydrogen-bond donors (Lipinski definition) is 0. The minimum atomic E-state index is -0.505. The zero-order chi connectivity index (χ0) is 15.6. The molecule has 1 aliphatic heterocycles. The lowest BCUT2D eigenvalue weighted by molar-refractivity contribution is -0.155. The second-order valence-corrected chi connectivity index (χ2v) is 6.95. The smallest absolute Gasteiger partial charge is 0.410 e. The van der Waals surface area contributed by atoms with Crippen LogP contribution in [0, 0.1) is 11.3 Å². The van der Waals surface area contributed by atoms with Crippen LogP contribution >= 0.6 is 0 Å². The predicted molar refractivity (Wildman–Crippen MR) is 76.3 cm³/mol. The van der Waals surface area contributed by atoms with Crippen LogP contribution in [-0.4, -0.2) is 42.8 Å². The van der Waals surface area contributed by atoms with E-state index in [1.54, 1.807) is 4.90 Å². The molecular weight excluding hydrogens is 258 g/mol. The van der Waals surface area contributed by atoms with E-state index < -0.39 is 11.0 Å². The van der Waals surface area contributed by atoms with Crippen molar-refractivity contribution in [1.29, 1.82) is 0 Å². The summed E-state index contributed by atoms with van der Waals surface area (Å²) in [5, 5.41) is 0. The lowest BCUT2D eigenvalue weighted by Gasteiger charge is -2.39. The third-order valence-electron chi connectivity index (χ3n) is 3.88. The Morgan fingerprint density at radius 2 is 1.55 bits per heavy atom. The van der Waals surface area contributed by atoms with Crippen LogP contribution in [0.15, 0.2) is 0 Å². The van der Waals surface area contributed by atoms with Gasteiger partial charge in [0.1, 0.15) is 5.60 Å². The minimum Gasteiger partial charge on any atom is -0.469 e. The zero-order valence-corrected chi connectivity index (χ0v) is 13.5. The molecule has 116 valence electrons. The van der Waals surface area contributed by atoms with E-state index in [9.17, 15) is 9.59 Å². The molecule has 0 aliphatic carbocycles. The molecule has 0 spiro atoms. The molecule has 0 atom stereocenters. The van der Waals surface area contributed by atoms with Gasteiger partial charge in [-0.1, -0.05) is 0 Å². The summed E-state index contributed by atoms with van der Waals surface area (Å²) >= 11 is 0. The molecule has 0 aromatic heterocycles. The average Bonchev–Trinajstić information content (AvgIpc) is 2.35. The van der Waals surface area contributed by atoms with E-state index in [4.69, 9.17) is 9.47 Å². The summed E-state index contributed by atoms with van der Waals surface area (Å²) in [6.45, 7) is 10.6. The normalized spacial score (nSPS) is 17.8. The zero-order valence-electron chi connectivity index (χ0n) is 13.5. The second-order valence-electron chi connectivity index (χ2n) is 6.95. The molecule has 1 amide bonds. The van der Waals surface area contributed by atoms with E-state index in [1.807, 2.05) is 34.6 Å². The first-order valence-corrected chi connectivity index (χ1v) is 7.14. The Morgan fingerprint density at radius 1 is 1.05 bits per heavy atom. The molecular formula is C15H27NO4. The van der Waals surface area contributed by atoms with Crippen LogP contribution in [0.2, 0.25) is 0 Å². The number of methoxy groups -OCH3 is 1. The molecule has 5 nitrogen and oxygen atoms in total. The van der Waals surface area contributed by atoms with Crippen molar-refractivity contribution in [3.63, 3.8) is 0 Å².